The first-order valence-electron chi connectivity index (χ1n) is 7.03. The Kier molecular flexibility index (Phi) is 4.94. The Hall–Kier alpha value is -2.35. The summed E-state index contributed by atoms with van der Waals surface area (Å²) in [4.78, 5) is 25.8. The van der Waals surface area contributed by atoms with Crippen molar-refractivity contribution in [1.29, 1.82) is 5.26 Å². The van der Waals surface area contributed by atoms with Crippen LogP contribution < -0.4 is 0 Å². The third-order valence-corrected chi connectivity index (χ3v) is 3.79. The van der Waals surface area contributed by atoms with Gasteiger partial charge in [-0.05, 0) is 31.0 Å². The fraction of sp³-hybridized carbons (Fsp3) is 0.438. The number of amides is 1. The fourth-order valence-electron chi connectivity index (χ4n) is 2.67. The summed E-state index contributed by atoms with van der Waals surface area (Å²) in [5, 5.41) is 8.93. The molecule has 0 aromatic heterocycles. The highest BCUT2D eigenvalue weighted by Crippen LogP contribution is 2.25. The van der Waals surface area contributed by atoms with Gasteiger partial charge in [0, 0.05) is 11.6 Å². The fourth-order valence-corrected chi connectivity index (χ4v) is 2.67. The van der Waals surface area contributed by atoms with Gasteiger partial charge in [0.2, 0.25) is 0 Å². The topological polar surface area (TPSA) is 70.4 Å². The number of hydrogen-bond donors (Lipinski definition) is 0. The van der Waals surface area contributed by atoms with Gasteiger partial charge in [0.25, 0.3) is 5.91 Å². The zero-order valence-electron chi connectivity index (χ0n) is 12.0. The maximum Gasteiger partial charge on any atom is 0.325 e. The van der Waals surface area contributed by atoms with Crippen molar-refractivity contribution < 1.29 is 14.3 Å². The minimum absolute atomic E-state index is 0.0449. The van der Waals surface area contributed by atoms with Crippen molar-refractivity contribution in [2.24, 2.45) is 0 Å². The molecule has 1 aromatic rings. The third kappa shape index (κ3) is 3.60. The van der Waals surface area contributed by atoms with Gasteiger partial charge in [0.05, 0.1) is 18.7 Å². The highest BCUT2D eigenvalue weighted by Gasteiger charge is 2.29. The molecule has 1 saturated carbocycles. The van der Waals surface area contributed by atoms with Crippen LogP contribution in [0.4, 0.5) is 0 Å². The Balaban J connectivity index is 2.24. The zero-order chi connectivity index (χ0) is 15.2. The van der Waals surface area contributed by atoms with E-state index in [0.29, 0.717) is 11.1 Å². The normalized spacial score (nSPS) is 14.5. The Morgan fingerprint density at radius 2 is 2.10 bits per heavy atom. The standard InChI is InChI=1S/C16H18N2O3/c1-21-15(19)11-18(14-7-2-3-8-14)16(20)13-6-4-5-12(9-13)10-17/h4-6,9,14H,2-3,7-8,11H2,1H3. The Labute approximate surface area is 124 Å². The summed E-state index contributed by atoms with van der Waals surface area (Å²) in [6.07, 6.45) is 3.93. The molecule has 0 aliphatic heterocycles. The highest BCUT2D eigenvalue weighted by atomic mass is 16.5. The van der Waals surface area contributed by atoms with Crippen LogP contribution in [0.1, 0.15) is 41.6 Å². The van der Waals surface area contributed by atoms with Gasteiger partial charge in [-0.3, -0.25) is 9.59 Å². The molecule has 2 rings (SSSR count). The molecule has 0 N–H and O–H groups in total. The lowest BCUT2D eigenvalue weighted by atomic mass is 10.1. The maximum atomic E-state index is 12.7. The molecule has 0 atom stereocenters. The largest absolute Gasteiger partial charge is 0.468 e. The lowest BCUT2D eigenvalue weighted by Crippen LogP contribution is -2.42. The second-order valence-corrected chi connectivity index (χ2v) is 5.14. The minimum atomic E-state index is -0.424. The summed E-state index contributed by atoms with van der Waals surface area (Å²) in [6, 6.07) is 8.65. The van der Waals surface area contributed by atoms with Gasteiger partial charge in [0.1, 0.15) is 6.54 Å². The van der Waals surface area contributed by atoms with E-state index in [1.165, 1.54) is 7.11 Å². The molecule has 5 heteroatoms. The number of esters is 1. The number of benzene rings is 1. The van der Waals surface area contributed by atoms with Gasteiger partial charge in [-0.25, -0.2) is 0 Å². The smallest absolute Gasteiger partial charge is 0.325 e. The molecule has 5 nitrogen and oxygen atoms in total. The molecule has 1 aromatic carbocycles. The molecule has 0 bridgehead atoms. The van der Waals surface area contributed by atoms with Crippen LogP contribution in [0.5, 0.6) is 0 Å². The van der Waals surface area contributed by atoms with Crippen molar-refractivity contribution >= 4 is 11.9 Å². The lowest BCUT2D eigenvalue weighted by molar-refractivity contribution is -0.141. The monoisotopic (exact) mass is 286 g/mol. The lowest BCUT2D eigenvalue weighted by Gasteiger charge is -2.28. The maximum absolute atomic E-state index is 12.7. The van der Waals surface area contributed by atoms with E-state index in [0.717, 1.165) is 25.7 Å². The quantitative estimate of drug-likeness (QED) is 0.795. The van der Waals surface area contributed by atoms with Gasteiger partial charge >= 0.3 is 5.97 Å². The minimum Gasteiger partial charge on any atom is -0.468 e. The van der Waals surface area contributed by atoms with Crippen LogP contribution >= 0.6 is 0 Å². The highest BCUT2D eigenvalue weighted by molar-refractivity contribution is 5.96. The summed E-state index contributed by atoms with van der Waals surface area (Å²) in [5.74, 6) is -0.643. The van der Waals surface area contributed by atoms with Crippen LogP contribution in [0.25, 0.3) is 0 Å². The second kappa shape index (κ2) is 6.89. The van der Waals surface area contributed by atoms with E-state index in [-0.39, 0.29) is 18.5 Å². The Morgan fingerprint density at radius 3 is 2.71 bits per heavy atom. The molecular weight excluding hydrogens is 268 g/mol. The molecular formula is C16H18N2O3. The van der Waals surface area contributed by atoms with Crippen molar-refractivity contribution in [3.05, 3.63) is 35.4 Å². The molecule has 0 radical (unpaired) electrons. The van der Waals surface area contributed by atoms with Gasteiger partial charge in [0.15, 0.2) is 0 Å². The molecule has 1 amide bonds. The Bertz CT molecular complexity index is 571. The summed E-state index contributed by atoms with van der Waals surface area (Å²) in [5.41, 5.74) is 0.871. The number of rotatable bonds is 4. The first kappa shape index (κ1) is 15.0. The van der Waals surface area contributed by atoms with Crippen molar-refractivity contribution in [3.63, 3.8) is 0 Å². The van der Waals surface area contributed by atoms with Crippen molar-refractivity contribution in [2.75, 3.05) is 13.7 Å². The summed E-state index contributed by atoms with van der Waals surface area (Å²) >= 11 is 0. The van der Waals surface area contributed by atoms with E-state index < -0.39 is 5.97 Å². The van der Waals surface area contributed by atoms with Crippen LogP contribution in [0.15, 0.2) is 24.3 Å². The molecule has 0 heterocycles. The molecule has 1 aliphatic carbocycles. The number of nitrogens with zero attached hydrogens (tertiary/aromatic N) is 2. The van der Waals surface area contributed by atoms with Gasteiger partial charge < -0.3 is 9.64 Å². The van der Waals surface area contributed by atoms with Gasteiger partial charge in [-0.1, -0.05) is 18.9 Å². The van der Waals surface area contributed by atoms with Crippen LogP contribution in [0.2, 0.25) is 0 Å². The first-order valence-corrected chi connectivity index (χ1v) is 7.03. The van der Waals surface area contributed by atoms with E-state index in [9.17, 15) is 9.59 Å². The van der Waals surface area contributed by atoms with Crippen molar-refractivity contribution in [2.45, 2.75) is 31.7 Å². The van der Waals surface area contributed by atoms with Crippen LogP contribution in [0.3, 0.4) is 0 Å². The number of methoxy groups -OCH3 is 1. The predicted octanol–water partition coefficient (Wildman–Crippen LogP) is 2.12. The number of nitriles is 1. The van der Waals surface area contributed by atoms with Crippen molar-refractivity contribution in [1.82, 2.24) is 4.90 Å². The zero-order valence-corrected chi connectivity index (χ0v) is 12.0. The molecule has 1 fully saturated rings. The summed E-state index contributed by atoms with van der Waals surface area (Å²) < 4.78 is 4.69. The van der Waals surface area contributed by atoms with Crippen LogP contribution in [-0.4, -0.2) is 36.5 Å². The average molecular weight is 286 g/mol. The van der Waals surface area contributed by atoms with E-state index in [2.05, 4.69) is 4.74 Å². The summed E-state index contributed by atoms with van der Waals surface area (Å²) in [7, 11) is 1.32. The van der Waals surface area contributed by atoms with E-state index >= 15 is 0 Å². The van der Waals surface area contributed by atoms with Gasteiger partial charge in [-0.15, -0.1) is 0 Å². The van der Waals surface area contributed by atoms with Crippen molar-refractivity contribution in [3.8, 4) is 6.07 Å². The average Bonchev–Trinajstić information content (AvgIpc) is 3.05. The summed E-state index contributed by atoms with van der Waals surface area (Å²) in [6.45, 7) is -0.0449. The number of carbonyl (C=O) groups is 2. The van der Waals surface area contributed by atoms with Crippen LogP contribution in [0, 0.1) is 11.3 Å². The number of ether oxygens (including phenoxy) is 1. The molecule has 21 heavy (non-hydrogen) atoms. The predicted molar refractivity (Wildman–Crippen MR) is 76.5 cm³/mol. The molecule has 0 spiro atoms. The molecule has 0 unspecified atom stereocenters. The van der Waals surface area contributed by atoms with Crippen LogP contribution in [-0.2, 0) is 9.53 Å². The van der Waals surface area contributed by atoms with E-state index in [4.69, 9.17) is 5.26 Å². The molecule has 110 valence electrons. The molecule has 1 aliphatic rings. The van der Waals surface area contributed by atoms with Gasteiger partial charge in [-0.2, -0.15) is 5.26 Å². The van der Waals surface area contributed by atoms with E-state index in [1.54, 1.807) is 29.2 Å². The van der Waals surface area contributed by atoms with E-state index in [1.807, 2.05) is 6.07 Å². The SMILES string of the molecule is COC(=O)CN(C(=O)c1cccc(C#N)c1)C1CCCC1. The third-order valence-electron chi connectivity index (χ3n) is 3.79. The Morgan fingerprint density at radius 1 is 1.38 bits per heavy atom. The first-order chi connectivity index (χ1) is 10.2. The second-order valence-electron chi connectivity index (χ2n) is 5.14. The number of carbonyl (C=O) groups excluding carboxylic acids is 2. The molecule has 0 saturated heterocycles. The number of hydrogen-bond acceptors (Lipinski definition) is 4.